The molecule has 0 amide bonds. The minimum absolute atomic E-state index is 0.128. The van der Waals surface area contributed by atoms with Gasteiger partial charge in [0.05, 0.1) is 22.8 Å². The summed E-state index contributed by atoms with van der Waals surface area (Å²) < 4.78 is 14.7. The van der Waals surface area contributed by atoms with Gasteiger partial charge in [-0.3, -0.25) is 4.79 Å². The first-order valence-electron chi connectivity index (χ1n) is 3.73. The smallest absolute Gasteiger partial charge is 0.328 e. The van der Waals surface area contributed by atoms with E-state index in [-0.39, 0.29) is 6.54 Å². The predicted octanol–water partition coefficient (Wildman–Crippen LogP) is 0.239. The molecule has 14 heavy (non-hydrogen) atoms. The van der Waals surface area contributed by atoms with Gasteiger partial charge >= 0.3 is 5.97 Å². The molecule has 1 rings (SSSR count). The van der Waals surface area contributed by atoms with Crippen molar-refractivity contribution in [3.05, 3.63) is 16.2 Å². The lowest BCUT2D eigenvalue weighted by atomic mass is 10.0. The van der Waals surface area contributed by atoms with Crippen molar-refractivity contribution in [3.63, 3.8) is 0 Å². The Morgan fingerprint density at radius 2 is 2.50 bits per heavy atom. The van der Waals surface area contributed by atoms with Crippen LogP contribution in [0.15, 0.2) is 12.5 Å². The number of hydrogen-bond acceptors (Lipinski definition) is 3. The molecule has 1 atom stereocenters. The van der Waals surface area contributed by atoms with E-state index < -0.39 is 18.2 Å². The van der Waals surface area contributed by atoms with E-state index in [1.807, 2.05) is 22.6 Å². The van der Waals surface area contributed by atoms with Crippen LogP contribution in [0.2, 0.25) is 0 Å². The number of aliphatic carboxylic acids is 1. The van der Waals surface area contributed by atoms with Crippen molar-refractivity contribution in [1.82, 2.24) is 9.55 Å². The highest BCUT2D eigenvalue weighted by atomic mass is 127. The van der Waals surface area contributed by atoms with Crippen LogP contribution in [0.4, 0.5) is 4.39 Å². The number of hydrogen-bond donors (Lipinski definition) is 2. The fourth-order valence-electron chi connectivity index (χ4n) is 0.892. The summed E-state index contributed by atoms with van der Waals surface area (Å²) in [7, 11) is 0. The van der Waals surface area contributed by atoms with Gasteiger partial charge in [-0.1, -0.05) is 0 Å². The number of nitrogens with two attached hydrogens (primary N) is 1. The number of rotatable bonds is 4. The Morgan fingerprint density at radius 3 is 2.86 bits per heavy atom. The van der Waals surface area contributed by atoms with Crippen LogP contribution in [-0.2, 0) is 11.3 Å². The summed E-state index contributed by atoms with van der Waals surface area (Å²) >= 11 is 1.96. The van der Waals surface area contributed by atoms with Gasteiger partial charge in [-0.05, 0) is 22.6 Å². The number of carbonyl (C=O) groups is 1. The molecule has 0 bridgehead atoms. The second-order valence-electron chi connectivity index (χ2n) is 2.94. The molecule has 0 spiro atoms. The molecule has 0 aliphatic carbocycles. The lowest BCUT2D eigenvalue weighted by molar-refractivity contribution is -0.144. The van der Waals surface area contributed by atoms with Crippen molar-refractivity contribution in [2.24, 2.45) is 5.73 Å². The van der Waals surface area contributed by atoms with E-state index in [0.29, 0.717) is 3.70 Å². The first kappa shape index (κ1) is 11.4. The molecule has 0 aliphatic rings. The predicted molar refractivity (Wildman–Crippen MR) is 55.5 cm³/mol. The fraction of sp³-hybridized carbons (Fsp3) is 0.429. The van der Waals surface area contributed by atoms with E-state index in [2.05, 4.69) is 4.98 Å². The summed E-state index contributed by atoms with van der Waals surface area (Å²) in [4.78, 5) is 14.5. The average Bonchev–Trinajstić information content (AvgIpc) is 2.51. The molecule has 0 saturated heterocycles. The SMILES string of the molecule is NC(CF)(Cn1cncc1I)C(=O)O. The van der Waals surface area contributed by atoms with E-state index in [1.165, 1.54) is 10.9 Å². The van der Waals surface area contributed by atoms with Crippen LogP contribution < -0.4 is 5.73 Å². The van der Waals surface area contributed by atoms with Crippen molar-refractivity contribution in [2.45, 2.75) is 12.1 Å². The van der Waals surface area contributed by atoms with Gasteiger partial charge in [0.1, 0.15) is 6.67 Å². The summed E-state index contributed by atoms with van der Waals surface area (Å²) in [5, 5.41) is 8.72. The Balaban J connectivity index is 2.86. The monoisotopic (exact) mass is 313 g/mol. The number of halogens is 2. The Hall–Kier alpha value is -0.700. The van der Waals surface area contributed by atoms with Crippen LogP contribution >= 0.6 is 22.6 Å². The Bertz CT molecular complexity index is 343. The molecule has 5 nitrogen and oxygen atoms in total. The summed E-state index contributed by atoms with van der Waals surface area (Å²) in [6, 6.07) is 0. The van der Waals surface area contributed by atoms with Gasteiger partial charge in [0.15, 0.2) is 5.54 Å². The molecule has 0 aromatic carbocycles. The average molecular weight is 313 g/mol. The van der Waals surface area contributed by atoms with E-state index in [4.69, 9.17) is 10.8 Å². The van der Waals surface area contributed by atoms with Gasteiger partial charge in [0.25, 0.3) is 0 Å². The molecule has 0 radical (unpaired) electrons. The molecule has 0 saturated carbocycles. The molecule has 0 aliphatic heterocycles. The summed E-state index contributed by atoms with van der Waals surface area (Å²) in [6.07, 6.45) is 2.96. The first-order valence-corrected chi connectivity index (χ1v) is 4.81. The summed E-state index contributed by atoms with van der Waals surface area (Å²) in [5.41, 5.74) is 3.50. The van der Waals surface area contributed by atoms with Crippen molar-refractivity contribution < 1.29 is 14.3 Å². The van der Waals surface area contributed by atoms with Gasteiger partial charge < -0.3 is 15.4 Å². The summed E-state index contributed by atoms with van der Waals surface area (Å²) in [6.45, 7) is -1.24. The van der Waals surface area contributed by atoms with Crippen molar-refractivity contribution in [2.75, 3.05) is 6.67 Å². The zero-order valence-corrected chi connectivity index (χ0v) is 9.31. The number of carboxylic acid groups (broad SMARTS) is 1. The van der Waals surface area contributed by atoms with Crippen molar-refractivity contribution in [1.29, 1.82) is 0 Å². The van der Waals surface area contributed by atoms with Gasteiger partial charge in [-0.15, -0.1) is 0 Å². The maximum Gasteiger partial charge on any atom is 0.328 e. The number of imidazole rings is 1. The number of nitrogens with zero attached hydrogens (tertiary/aromatic N) is 2. The first-order chi connectivity index (χ1) is 6.49. The molecule has 1 aromatic rings. The maximum absolute atomic E-state index is 12.5. The molecule has 1 heterocycles. The minimum atomic E-state index is -1.87. The van der Waals surface area contributed by atoms with E-state index in [9.17, 15) is 9.18 Å². The van der Waals surface area contributed by atoms with Gasteiger partial charge in [0, 0.05) is 0 Å². The van der Waals surface area contributed by atoms with Crippen LogP contribution in [0.1, 0.15) is 0 Å². The van der Waals surface area contributed by atoms with Crippen LogP contribution in [0, 0.1) is 3.70 Å². The zero-order valence-electron chi connectivity index (χ0n) is 7.15. The van der Waals surface area contributed by atoms with Crippen LogP contribution in [-0.4, -0.2) is 32.8 Å². The van der Waals surface area contributed by atoms with E-state index in [0.717, 1.165) is 0 Å². The molecule has 1 aromatic heterocycles. The summed E-state index contributed by atoms with van der Waals surface area (Å²) in [5.74, 6) is -1.36. The third kappa shape index (κ3) is 2.21. The topological polar surface area (TPSA) is 81.1 Å². The zero-order chi connectivity index (χ0) is 10.8. The Morgan fingerprint density at radius 1 is 1.86 bits per heavy atom. The van der Waals surface area contributed by atoms with Crippen LogP contribution in [0.5, 0.6) is 0 Å². The van der Waals surface area contributed by atoms with Crippen molar-refractivity contribution in [3.8, 4) is 0 Å². The molecule has 0 fully saturated rings. The highest BCUT2D eigenvalue weighted by Gasteiger charge is 2.35. The normalized spacial score (nSPS) is 15.1. The highest BCUT2D eigenvalue weighted by molar-refractivity contribution is 14.1. The van der Waals surface area contributed by atoms with E-state index in [1.54, 1.807) is 6.20 Å². The number of aromatic nitrogens is 2. The van der Waals surface area contributed by atoms with Crippen LogP contribution in [0.25, 0.3) is 0 Å². The lowest BCUT2D eigenvalue weighted by Crippen LogP contribution is -2.53. The van der Waals surface area contributed by atoms with Crippen LogP contribution in [0.3, 0.4) is 0 Å². The fourth-order valence-corrected chi connectivity index (χ4v) is 1.35. The van der Waals surface area contributed by atoms with Gasteiger partial charge in [-0.2, -0.15) is 0 Å². The van der Waals surface area contributed by atoms with Gasteiger partial charge in [0.2, 0.25) is 0 Å². The molecule has 7 heteroatoms. The second-order valence-corrected chi connectivity index (χ2v) is 4.04. The third-order valence-electron chi connectivity index (χ3n) is 1.78. The number of alkyl halides is 1. The standard InChI is InChI=1S/C7H9FIN3O2/c8-2-7(10,6(13)14)3-12-4-11-1-5(12)9/h1,4H,2-3,10H2,(H,13,14). The Labute approximate surface area is 93.3 Å². The molecule has 3 N–H and O–H groups in total. The maximum atomic E-state index is 12.5. The number of carboxylic acids is 1. The van der Waals surface area contributed by atoms with E-state index >= 15 is 0 Å². The quantitative estimate of drug-likeness (QED) is 0.780. The minimum Gasteiger partial charge on any atom is -0.480 e. The molecular weight excluding hydrogens is 304 g/mol. The second kappa shape index (κ2) is 4.22. The highest BCUT2D eigenvalue weighted by Crippen LogP contribution is 2.10. The van der Waals surface area contributed by atoms with Gasteiger partial charge in [-0.25, -0.2) is 9.37 Å². The molecule has 1 unspecified atom stereocenters. The largest absolute Gasteiger partial charge is 0.480 e. The molecular formula is C7H9FIN3O2. The Kier molecular flexibility index (Phi) is 3.43. The van der Waals surface area contributed by atoms with Crippen molar-refractivity contribution >= 4 is 28.6 Å². The third-order valence-corrected chi connectivity index (χ3v) is 2.68. The lowest BCUT2D eigenvalue weighted by Gasteiger charge is -2.21. The molecule has 78 valence electrons.